The summed E-state index contributed by atoms with van der Waals surface area (Å²) in [5, 5.41) is 0. The van der Waals surface area contributed by atoms with E-state index in [-0.39, 0.29) is 50.4 Å². The highest BCUT2D eigenvalue weighted by Gasteiger charge is 2.15. The largest absolute Gasteiger partial charge is 0.469 e. The summed E-state index contributed by atoms with van der Waals surface area (Å²) >= 11 is 0. The van der Waals surface area contributed by atoms with Crippen molar-refractivity contribution in [2.75, 3.05) is 26.4 Å². The van der Waals surface area contributed by atoms with Gasteiger partial charge in [0.1, 0.15) is 0 Å². The predicted octanol–water partition coefficient (Wildman–Crippen LogP) is 0.999. The number of carbonyl (C=O) groups excluding carboxylic acids is 2. The van der Waals surface area contributed by atoms with Crippen LogP contribution in [-0.2, 0) is 27.7 Å². The van der Waals surface area contributed by atoms with E-state index in [1.165, 1.54) is 24.3 Å². The van der Waals surface area contributed by atoms with E-state index in [9.17, 15) is 18.7 Å². The molecule has 0 atom stereocenters. The van der Waals surface area contributed by atoms with E-state index >= 15 is 0 Å². The maximum atomic E-state index is 11.8. The fraction of sp³-hybridized carbons (Fsp3) is 0.429. The van der Waals surface area contributed by atoms with E-state index in [0.717, 1.165) is 0 Å². The Labute approximate surface area is 159 Å². The summed E-state index contributed by atoms with van der Waals surface area (Å²) in [4.78, 5) is 57.6. The van der Waals surface area contributed by atoms with E-state index in [4.69, 9.17) is 29.0 Å². The number of esters is 2. The quantitative estimate of drug-likeness (QED) is 0.205. The van der Waals surface area contributed by atoms with Crippen LogP contribution < -0.4 is 0 Å². The average molecular weight is 442 g/mol. The highest BCUT2D eigenvalue weighted by Crippen LogP contribution is 2.36. The molecule has 14 heteroatoms. The minimum absolute atomic E-state index is 0.0903. The third kappa shape index (κ3) is 11.3. The summed E-state index contributed by atoms with van der Waals surface area (Å²) in [6, 6.07) is 5.34. The Morgan fingerprint density at radius 1 is 0.679 bits per heavy atom. The molecule has 0 radical (unpaired) electrons. The Balaban J connectivity index is 2.33. The zero-order chi connectivity index (χ0) is 21.2. The Morgan fingerprint density at radius 3 is 1.29 bits per heavy atom. The molecule has 0 unspecified atom stereocenters. The van der Waals surface area contributed by atoms with Gasteiger partial charge in [0.25, 0.3) is 0 Å². The van der Waals surface area contributed by atoms with Gasteiger partial charge in [-0.05, 0) is 24.3 Å². The number of hydrogen-bond donors (Lipinski definition) is 4. The fourth-order valence-electron chi connectivity index (χ4n) is 1.72. The van der Waals surface area contributed by atoms with Crippen molar-refractivity contribution in [3.63, 3.8) is 0 Å². The van der Waals surface area contributed by atoms with Crippen LogP contribution in [0.1, 0.15) is 33.6 Å². The lowest BCUT2D eigenvalue weighted by Gasteiger charge is -2.08. The number of phosphoric acid groups is 2. The van der Waals surface area contributed by atoms with Crippen molar-refractivity contribution in [2.24, 2.45) is 0 Å². The van der Waals surface area contributed by atoms with E-state index in [1.807, 2.05) is 0 Å². The second-order valence-corrected chi connectivity index (χ2v) is 7.68. The lowest BCUT2D eigenvalue weighted by molar-refractivity contribution is 0.0464. The molecule has 0 saturated carbocycles. The summed E-state index contributed by atoms with van der Waals surface area (Å²) in [7, 11) is -9.10. The fourth-order valence-corrected chi connectivity index (χ4v) is 2.46. The smallest absolute Gasteiger partial charge is 0.462 e. The van der Waals surface area contributed by atoms with Crippen molar-refractivity contribution in [1.82, 2.24) is 0 Å². The van der Waals surface area contributed by atoms with E-state index in [0.29, 0.717) is 0 Å². The van der Waals surface area contributed by atoms with Crippen LogP contribution in [0.15, 0.2) is 24.3 Å². The van der Waals surface area contributed by atoms with Crippen molar-refractivity contribution in [1.29, 1.82) is 0 Å². The number of phosphoric ester groups is 2. The zero-order valence-corrected chi connectivity index (χ0v) is 16.3. The van der Waals surface area contributed by atoms with Gasteiger partial charge in [-0.2, -0.15) is 0 Å². The standard InChI is InChI=1S/C14H20O12P2/c15-13(23-7-1-9-25-27(17,18)19)11-3-5-12(6-4-11)14(16)24-8-2-10-26-28(20,21)22/h3-6H,1-2,7-10H2,(H2,17,18,19)(H2,20,21,22). The molecule has 0 heterocycles. The second-order valence-electron chi connectivity index (χ2n) is 5.20. The molecule has 1 rings (SSSR count). The lowest BCUT2D eigenvalue weighted by atomic mass is 10.1. The molecule has 4 N–H and O–H groups in total. The molecule has 0 bridgehead atoms. The van der Waals surface area contributed by atoms with E-state index in [1.54, 1.807) is 0 Å². The first-order chi connectivity index (χ1) is 13.0. The number of rotatable bonds is 12. The van der Waals surface area contributed by atoms with Gasteiger partial charge >= 0.3 is 27.6 Å². The maximum Gasteiger partial charge on any atom is 0.469 e. The minimum atomic E-state index is -4.55. The Morgan fingerprint density at radius 2 is 1.00 bits per heavy atom. The Kier molecular flexibility index (Phi) is 9.94. The third-order valence-corrected chi connectivity index (χ3v) is 3.96. The van der Waals surface area contributed by atoms with Crippen molar-refractivity contribution >= 4 is 27.6 Å². The molecule has 0 aliphatic carbocycles. The summed E-state index contributed by atoms with van der Waals surface area (Å²) in [5.41, 5.74) is 0.310. The molecule has 1 aromatic carbocycles. The van der Waals surface area contributed by atoms with Crippen LogP contribution in [0.25, 0.3) is 0 Å². The molecule has 0 aromatic heterocycles. The summed E-state index contributed by atoms with van der Waals surface area (Å²) < 4.78 is 39.1. The average Bonchev–Trinajstić information content (AvgIpc) is 2.59. The van der Waals surface area contributed by atoms with Gasteiger partial charge in [-0.1, -0.05) is 0 Å². The van der Waals surface area contributed by atoms with Crippen LogP contribution >= 0.6 is 15.6 Å². The number of benzene rings is 1. The molecule has 0 spiro atoms. The molecule has 12 nitrogen and oxygen atoms in total. The normalized spacial score (nSPS) is 11.9. The first-order valence-corrected chi connectivity index (χ1v) is 10.9. The van der Waals surface area contributed by atoms with E-state index < -0.39 is 27.6 Å². The molecule has 1 aromatic rings. The van der Waals surface area contributed by atoms with Crippen LogP contribution in [-0.4, -0.2) is 57.9 Å². The molecule has 0 aliphatic rings. The van der Waals surface area contributed by atoms with Crippen molar-refractivity contribution in [2.45, 2.75) is 12.8 Å². The maximum absolute atomic E-state index is 11.8. The topological polar surface area (TPSA) is 186 Å². The number of ether oxygens (including phenoxy) is 2. The molecule has 0 aliphatic heterocycles. The highest BCUT2D eigenvalue weighted by atomic mass is 31.2. The van der Waals surface area contributed by atoms with Gasteiger partial charge in [0.15, 0.2) is 0 Å². The Hall–Kier alpha value is -1.62. The third-order valence-electron chi connectivity index (χ3n) is 2.92. The van der Waals surface area contributed by atoms with Crippen LogP contribution in [0.3, 0.4) is 0 Å². The van der Waals surface area contributed by atoms with Gasteiger partial charge in [0.05, 0.1) is 37.6 Å². The van der Waals surface area contributed by atoms with E-state index in [2.05, 4.69) is 9.05 Å². The molecule has 0 amide bonds. The molecule has 158 valence electrons. The van der Waals surface area contributed by atoms with Crippen molar-refractivity contribution < 1.29 is 56.8 Å². The van der Waals surface area contributed by atoms with Gasteiger partial charge in [0, 0.05) is 12.8 Å². The van der Waals surface area contributed by atoms with Crippen LogP contribution in [0, 0.1) is 0 Å². The lowest BCUT2D eigenvalue weighted by Crippen LogP contribution is -2.10. The molecule has 0 fully saturated rings. The monoisotopic (exact) mass is 442 g/mol. The van der Waals surface area contributed by atoms with Gasteiger partial charge in [-0.3, -0.25) is 9.05 Å². The van der Waals surface area contributed by atoms with Crippen LogP contribution in [0.2, 0.25) is 0 Å². The molecular formula is C14H20O12P2. The Bertz CT molecular complexity index is 672. The first kappa shape index (κ1) is 24.4. The van der Waals surface area contributed by atoms with Crippen LogP contribution in [0.5, 0.6) is 0 Å². The van der Waals surface area contributed by atoms with Gasteiger partial charge in [0.2, 0.25) is 0 Å². The van der Waals surface area contributed by atoms with Gasteiger partial charge in [-0.25, -0.2) is 18.7 Å². The SMILES string of the molecule is O=C(OCCCOP(=O)(O)O)c1ccc(C(=O)OCCCOP(=O)(O)O)cc1. The number of carbonyl (C=O) groups is 2. The van der Waals surface area contributed by atoms with Crippen LogP contribution in [0.4, 0.5) is 0 Å². The predicted molar refractivity (Wildman–Crippen MR) is 92.2 cm³/mol. The first-order valence-electron chi connectivity index (χ1n) is 7.82. The highest BCUT2D eigenvalue weighted by molar-refractivity contribution is 7.46. The molecule has 28 heavy (non-hydrogen) atoms. The summed E-state index contributed by atoms with van der Waals surface area (Å²) in [6.45, 7) is -0.776. The molecular weight excluding hydrogens is 422 g/mol. The zero-order valence-electron chi connectivity index (χ0n) is 14.5. The summed E-state index contributed by atoms with van der Waals surface area (Å²) in [5.74, 6) is -1.38. The molecule has 0 saturated heterocycles. The second kappa shape index (κ2) is 11.4. The summed E-state index contributed by atoms with van der Waals surface area (Å²) in [6.07, 6.45) is 0.181. The van der Waals surface area contributed by atoms with Crippen molar-refractivity contribution in [3.05, 3.63) is 35.4 Å². The van der Waals surface area contributed by atoms with Gasteiger partial charge < -0.3 is 29.0 Å². The van der Waals surface area contributed by atoms with Crippen molar-refractivity contribution in [3.8, 4) is 0 Å². The minimum Gasteiger partial charge on any atom is -0.462 e. The number of hydrogen-bond acceptors (Lipinski definition) is 8. The van der Waals surface area contributed by atoms with Gasteiger partial charge in [-0.15, -0.1) is 0 Å².